The van der Waals surface area contributed by atoms with Gasteiger partial charge >= 0.3 is 0 Å². The van der Waals surface area contributed by atoms with Crippen LogP contribution in [0.1, 0.15) is 48.9 Å². The Kier molecular flexibility index (Phi) is 6.48. The van der Waals surface area contributed by atoms with E-state index in [0.717, 1.165) is 30.4 Å². The van der Waals surface area contributed by atoms with E-state index in [1.165, 1.54) is 4.31 Å². The molecule has 0 unspecified atom stereocenters. The Morgan fingerprint density at radius 2 is 1.63 bits per heavy atom. The fourth-order valence-corrected chi connectivity index (χ4v) is 7.10. The third-order valence-corrected chi connectivity index (χ3v) is 8.98. The number of hydrogen-bond acceptors (Lipinski definition) is 4. The largest absolute Gasteiger partial charge is 0.279 e. The van der Waals surface area contributed by atoms with Gasteiger partial charge in [0.25, 0.3) is 10.0 Å². The number of anilines is 2. The molecule has 1 heterocycles. The first-order chi connectivity index (χ1) is 14.1. The molecule has 0 radical (unpaired) electrons. The second-order valence-electron chi connectivity index (χ2n) is 7.76. The molecule has 0 atom stereocenters. The molecule has 1 N–H and O–H groups in total. The molecule has 1 aliphatic rings. The summed E-state index contributed by atoms with van der Waals surface area (Å²) in [6.07, 6.45) is 2.89. The summed E-state index contributed by atoms with van der Waals surface area (Å²) in [5.41, 5.74) is 4.25. The maximum Gasteiger partial charge on any atom is 0.262 e. The van der Waals surface area contributed by atoms with Crippen LogP contribution in [-0.4, -0.2) is 29.1 Å². The van der Waals surface area contributed by atoms with E-state index < -0.39 is 20.0 Å². The van der Waals surface area contributed by atoms with Crippen LogP contribution < -0.4 is 9.03 Å². The van der Waals surface area contributed by atoms with Crippen molar-refractivity contribution in [2.45, 2.75) is 58.3 Å². The zero-order valence-electron chi connectivity index (χ0n) is 18.0. The van der Waals surface area contributed by atoms with Gasteiger partial charge in [0, 0.05) is 6.54 Å². The van der Waals surface area contributed by atoms with Gasteiger partial charge < -0.3 is 0 Å². The average Bonchev–Trinajstić information content (AvgIpc) is 2.69. The molecule has 0 saturated carbocycles. The molecule has 1 saturated heterocycles. The lowest BCUT2D eigenvalue weighted by Crippen LogP contribution is -2.38. The fraction of sp³-hybridized carbons (Fsp3) is 0.455. The van der Waals surface area contributed by atoms with E-state index in [0.29, 0.717) is 35.5 Å². The lowest BCUT2D eigenvalue weighted by atomic mass is 10.0. The van der Waals surface area contributed by atoms with Crippen molar-refractivity contribution in [1.82, 2.24) is 0 Å². The van der Waals surface area contributed by atoms with Crippen LogP contribution in [0, 0.1) is 13.8 Å². The third kappa shape index (κ3) is 4.34. The first-order valence-corrected chi connectivity index (χ1v) is 13.4. The molecule has 3 rings (SSSR count). The molecule has 164 valence electrons. The van der Waals surface area contributed by atoms with Gasteiger partial charge in [0.05, 0.1) is 22.0 Å². The molecule has 2 aromatic rings. The van der Waals surface area contributed by atoms with Crippen molar-refractivity contribution in [3.8, 4) is 0 Å². The van der Waals surface area contributed by atoms with Crippen LogP contribution in [0.2, 0.25) is 0 Å². The van der Waals surface area contributed by atoms with Gasteiger partial charge in [-0.3, -0.25) is 9.03 Å². The summed E-state index contributed by atoms with van der Waals surface area (Å²) in [4.78, 5) is 0.172. The molecule has 0 bridgehead atoms. The number of nitrogens with one attached hydrogen (secondary N) is 1. The van der Waals surface area contributed by atoms with Gasteiger partial charge in [-0.25, -0.2) is 16.8 Å². The molecule has 2 aromatic carbocycles. The van der Waals surface area contributed by atoms with Crippen molar-refractivity contribution in [1.29, 1.82) is 0 Å². The Labute approximate surface area is 180 Å². The fourth-order valence-electron chi connectivity index (χ4n) is 3.96. The van der Waals surface area contributed by atoms with E-state index in [1.54, 1.807) is 26.0 Å². The minimum atomic E-state index is -3.83. The van der Waals surface area contributed by atoms with E-state index >= 15 is 0 Å². The maximum absolute atomic E-state index is 13.3. The molecule has 30 heavy (non-hydrogen) atoms. The highest BCUT2D eigenvalue weighted by atomic mass is 32.2. The highest BCUT2D eigenvalue weighted by Gasteiger charge is 2.29. The summed E-state index contributed by atoms with van der Waals surface area (Å²) in [5.74, 6) is 0.126. The predicted molar refractivity (Wildman–Crippen MR) is 122 cm³/mol. The Bertz CT molecular complexity index is 1130. The zero-order chi connectivity index (χ0) is 22.1. The standard InChI is InChI=1S/C22H30N2O4S2/c1-5-18-10-9-11-19(6-2)22(18)23-30(27,28)21-15-16(3)20(14-17(21)4)24-12-7-8-13-29(24,25)26/h9-11,14-15,23H,5-8,12-13H2,1-4H3. The minimum Gasteiger partial charge on any atom is -0.279 e. The molecule has 6 nitrogen and oxygen atoms in total. The second kappa shape index (κ2) is 8.59. The van der Waals surface area contributed by atoms with Crippen molar-refractivity contribution in [3.63, 3.8) is 0 Å². The third-order valence-electron chi connectivity index (χ3n) is 5.64. The van der Waals surface area contributed by atoms with Crippen LogP contribution in [0.4, 0.5) is 11.4 Å². The van der Waals surface area contributed by atoms with Crippen LogP contribution in [0.5, 0.6) is 0 Å². The Hall–Kier alpha value is -2.06. The molecular weight excluding hydrogens is 420 g/mol. The van der Waals surface area contributed by atoms with Crippen LogP contribution in [0.25, 0.3) is 0 Å². The van der Waals surface area contributed by atoms with Gasteiger partial charge in [0.1, 0.15) is 0 Å². The molecule has 0 aromatic heterocycles. The van der Waals surface area contributed by atoms with Crippen molar-refractivity contribution in [3.05, 3.63) is 52.6 Å². The summed E-state index contributed by atoms with van der Waals surface area (Å²) < 4.78 is 55.8. The summed E-state index contributed by atoms with van der Waals surface area (Å²) in [6.45, 7) is 7.89. The number of benzene rings is 2. The van der Waals surface area contributed by atoms with Crippen molar-refractivity contribution >= 4 is 31.4 Å². The summed E-state index contributed by atoms with van der Waals surface area (Å²) in [7, 11) is -7.19. The molecule has 0 amide bonds. The molecule has 0 spiro atoms. The topological polar surface area (TPSA) is 83.6 Å². The average molecular weight is 451 g/mol. The lowest BCUT2D eigenvalue weighted by Gasteiger charge is -2.30. The van der Waals surface area contributed by atoms with Crippen molar-refractivity contribution in [2.24, 2.45) is 0 Å². The van der Waals surface area contributed by atoms with E-state index in [1.807, 2.05) is 32.0 Å². The van der Waals surface area contributed by atoms with E-state index in [2.05, 4.69) is 4.72 Å². The van der Waals surface area contributed by atoms with Crippen LogP contribution >= 0.6 is 0 Å². The first-order valence-electron chi connectivity index (χ1n) is 10.4. The van der Waals surface area contributed by atoms with Crippen molar-refractivity contribution < 1.29 is 16.8 Å². The molecular formula is C22H30N2O4S2. The normalized spacial score (nSPS) is 16.5. The van der Waals surface area contributed by atoms with Gasteiger partial charge in [0.2, 0.25) is 10.0 Å². The Morgan fingerprint density at radius 1 is 1.00 bits per heavy atom. The summed E-state index contributed by atoms with van der Waals surface area (Å²) >= 11 is 0. The van der Waals surface area contributed by atoms with E-state index in [9.17, 15) is 16.8 Å². The summed E-state index contributed by atoms with van der Waals surface area (Å²) in [6, 6.07) is 9.06. The monoisotopic (exact) mass is 450 g/mol. The van der Waals surface area contributed by atoms with Crippen LogP contribution in [-0.2, 0) is 32.9 Å². The SMILES string of the molecule is CCc1cccc(CC)c1NS(=O)(=O)c1cc(C)c(N2CCCCS2(=O)=O)cc1C. The molecule has 1 aliphatic heterocycles. The molecule has 8 heteroatoms. The van der Waals surface area contributed by atoms with Crippen LogP contribution in [0.3, 0.4) is 0 Å². The number of aryl methyl sites for hydroxylation is 4. The zero-order valence-corrected chi connectivity index (χ0v) is 19.7. The van der Waals surface area contributed by atoms with Gasteiger partial charge in [0.15, 0.2) is 0 Å². The lowest BCUT2D eigenvalue weighted by molar-refractivity contribution is 0.574. The minimum absolute atomic E-state index is 0.126. The highest BCUT2D eigenvalue weighted by molar-refractivity contribution is 7.93. The Balaban J connectivity index is 2.04. The smallest absolute Gasteiger partial charge is 0.262 e. The number of para-hydroxylation sites is 1. The molecule has 1 fully saturated rings. The quantitative estimate of drug-likeness (QED) is 0.716. The number of hydrogen-bond donors (Lipinski definition) is 1. The molecule has 0 aliphatic carbocycles. The number of sulfonamides is 2. The number of nitrogens with zero attached hydrogens (tertiary/aromatic N) is 1. The maximum atomic E-state index is 13.3. The Morgan fingerprint density at radius 3 is 2.20 bits per heavy atom. The van der Waals surface area contributed by atoms with Crippen LogP contribution in [0.15, 0.2) is 35.2 Å². The van der Waals surface area contributed by atoms with E-state index in [-0.39, 0.29) is 10.6 Å². The predicted octanol–water partition coefficient (Wildman–Crippen LogP) is 4.16. The van der Waals surface area contributed by atoms with Gasteiger partial charge in [-0.15, -0.1) is 0 Å². The van der Waals surface area contributed by atoms with Gasteiger partial charge in [-0.1, -0.05) is 32.0 Å². The second-order valence-corrected chi connectivity index (χ2v) is 11.4. The summed E-state index contributed by atoms with van der Waals surface area (Å²) in [5, 5.41) is 0. The van der Waals surface area contributed by atoms with Crippen molar-refractivity contribution in [2.75, 3.05) is 21.3 Å². The van der Waals surface area contributed by atoms with Gasteiger partial charge in [-0.2, -0.15) is 0 Å². The van der Waals surface area contributed by atoms with Gasteiger partial charge in [-0.05, 0) is 73.9 Å². The number of rotatable bonds is 6. The van der Waals surface area contributed by atoms with E-state index in [4.69, 9.17) is 0 Å². The highest BCUT2D eigenvalue weighted by Crippen LogP contribution is 2.33. The first kappa shape index (κ1) is 22.6.